The van der Waals surface area contributed by atoms with Gasteiger partial charge in [-0.1, -0.05) is 12.1 Å². The predicted molar refractivity (Wildman–Crippen MR) is 90.5 cm³/mol. The van der Waals surface area contributed by atoms with E-state index in [9.17, 15) is 4.79 Å². The van der Waals surface area contributed by atoms with Crippen molar-refractivity contribution in [2.45, 2.75) is 13.0 Å². The number of benzene rings is 1. The summed E-state index contributed by atoms with van der Waals surface area (Å²) in [4.78, 5) is 21.0. The van der Waals surface area contributed by atoms with Gasteiger partial charge in [0.15, 0.2) is 11.5 Å². The molecule has 25 heavy (non-hydrogen) atoms. The highest BCUT2D eigenvalue weighted by molar-refractivity contribution is 5.79. The molecule has 0 saturated carbocycles. The molecule has 0 fully saturated rings. The van der Waals surface area contributed by atoms with E-state index in [-0.39, 0.29) is 11.8 Å². The second-order valence-corrected chi connectivity index (χ2v) is 5.94. The van der Waals surface area contributed by atoms with Crippen LogP contribution in [0.2, 0.25) is 0 Å². The zero-order chi connectivity index (χ0) is 17.2. The van der Waals surface area contributed by atoms with Crippen molar-refractivity contribution in [1.82, 2.24) is 19.7 Å². The molecule has 3 aromatic rings. The molecule has 128 valence electrons. The molecule has 0 aliphatic carbocycles. The first-order chi connectivity index (χ1) is 12.2. The number of hydrogen-bond acceptors (Lipinski definition) is 5. The van der Waals surface area contributed by atoms with Gasteiger partial charge in [-0.2, -0.15) is 0 Å². The first kappa shape index (κ1) is 15.4. The molecule has 0 spiro atoms. The molecule has 1 atom stereocenters. The van der Waals surface area contributed by atoms with Gasteiger partial charge in [-0.05, 0) is 24.1 Å². The van der Waals surface area contributed by atoms with Crippen LogP contribution >= 0.6 is 0 Å². The maximum Gasteiger partial charge on any atom is 0.233 e. The number of aromatic nitrogens is 3. The van der Waals surface area contributed by atoms with E-state index in [1.165, 1.54) is 0 Å². The molecule has 1 aliphatic rings. The molecular weight excluding hydrogens is 320 g/mol. The standard InChI is InChI=1S/C18H18N4O3/c1-24-15-5-2-4-12-8-13(11-25-16(12)15)17(23)20-9-14-10-22-7-3-6-19-18(22)21-14/h2-7,10,13H,8-9,11H2,1H3,(H,20,23)/t13-/m0/s1. The summed E-state index contributed by atoms with van der Waals surface area (Å²) in [5.41, 5.74) is 1.76. The van der Waals surface area contributed by atoms with Crippen molar-refractivity contribution in [3.05, 3.63) is 54.1 Å². The van der Waals surface area contributed by atoms with Crippen molar-refractivity contribution in [2.24, 2.45) is 5.92 Å². The first-order valence-corrected chi connectivity index (χ1v) is 8.09. The lowest BCUT2D eigenvalue weighted by Crippen LogP contribution is -2.37. The van der Waals surface area contributed by atoms with Crippen LogP contribution in [0.5, 0.6) is 11.5 Å². The summed E-state index contributed by atoms with van der Waals surface area (Å²) in [6, 6.07) is 7.56. The number of rotatable bonds is 4. The third-order valence-corrected chi connectivity index (χ3v) is 4.28. The molecule has 1 N–H and O–H groups in total. The quantitative estimate of drug-likeness (QED) is 0.782. The smallest absolute Gasteiger partial charge is 0.233 e. The second kappa shape index (κ2) is 6.43. The van der Waals surface area contributed by atoms with Crippen LogP contribution in [0.1, 0.15) is 11.3 Å². The lowest BCUT2D eigenvalue weighted by atomic mass is 9.95. The van der Waals surface area contributed by atoms with Crippen LogP contribution in [0.3, 0.4) is 0 Å². The summed E-state index contributed by atoms with van der Waals surface area (Å²) >= 11 is 0. The Kier molecular flexibility index (Phi) is 3.97. The lowest BCUT2D eigenvalue weighted by Gasteiger charge is -2.25. The Labute approximate surface area is 144 Å². The fourth-order valence-corrected chi connectivity index (χ4v) is 3.01. The molecule has 0 saturated heterocycles. The highest BCUT2D eigenvalue weighted by Gasteiger charge is 2.27. The van der Waals surface area contributed by atoms with Gasteiger partial charge >= 0.3 is 0 Å². The average Bonchev–Trinajstić information content (AvgIpc) is 3.08. The number of nitrogens with one attached hydrogen (secondary N) is 1. The van der Waals surface area contributed by atoms with Crippen LogP contribution in [0, 0.1) is 5.92 Å². The van der Waals surface area contributed by atoms with Gasteiger partial charge < -0.3 is 14.8 Å². The van der Waals surface area contributed by atoms with Crippen LogP contribution < -0.4 is 14.8 Å². The largest absolute Gasteiger partial charge is 0.493 e. The van der Waals surface area contributed by atoms with E-state index < -0.39 is 0 Å². The third-order valence-electron chi connectivity index (χ3n) is 4.28. The third kappa shape index (κ3) is 3.00. The average molecular weight is 338 g/mol. The van der Waals surface area contributed by atoms with E-state index >= 15 is 0 Å². The van der Waals surface area contributed by atoms with E-state index in [4.69, 9.17) is 9.47 Å². The topological polar surface area (TPSA) is 77.8 Å². The van der Waals surface area contributed by atoms with E-state index in [0.717, 1.165) is 17.0 Å². The molecule has 3 heterocycles. The summed E-state index contributed by atoms with van der Waals surface area (Å²) < 4.78 is 12.9. The van der Waals surface area contributed by atoms with Crippen LogP contribution in [-0.2, 0) is 17.8 Å². The molecule has 1 aliphatic heterocycles. The van der Waals surface area contributed by atoms with Gasteiger partial charge in [-0.3, -0.25) is 9.20 Å². The van der Waals surface area contributed by atoms with Crippen molar-refractivity contribution >= 4 is 11.7 Å². The Morgan fingerprint density at radius 3 is 3.20 bits per heavy atom. The molecule has 7 nitrogen and oxygen atoms in total. The molecule has 2 aromatic heterocycles. The molecule has 0 bridgehead atoms. The fraction of sp³-hybridized carbons (Fsp3) is 0.278. The molecule has 1 aromatic carbocycles. The summed E-state index contributed by atoms with van der Waals surface area (Å²) in [6.07, 6.45) is 6.06. The van der Waals surface area contributed by atoms with Crippen molar-refractivity contribution < 1.29 is 14.3 Å². The van der Waals surface area contributed by atoms with E-state index in [2.05, 4.69) is 15.3 Å². The van der Waals surface area contributed by atoms with Crippen molar-refractivity contribution in [2.75, 3.05) is 13.7 Å². The van der Waals surface area contributed by atoms with Crippen molar-refractivity contribution in [3.8, 4) is 11.5 Å². The molecule has 0 unspecified atom stereocenters. The van der Waals surface area contributed by atoms with Crippen molar-refractivity contribution in [3.63, 3.8) is 0 Å². The van der Waals surface area contributed by atoms with Gasteiger partial charge in [0.1, 0.15) is 6.61 Å². The Balaban J connectivity index is 1.41. The number of nitrogens with zero attached hydrogens (tertiary/aromatic N) is 3. The summed E-state index contributed by atoms with van der Waals surface area (Å²) in [6.45, 7) is 0.704. The number of amides is 1. The summed E-state index contributed by atoms with van der Waals surface area (Å²) in [5, 5.41) is 2.94. The Morgan fingerprint density at radius 1 is 1.44 bits per heavy atom. The van der Waals surface area contributed by atoms with E-state index in [1.807, 2.05) is 41.1 Å². The lowest BCUT2D eigenvalue weighted by molar-refractivity contribution is -0.126. The number of imidazole rings is 1. The van der Waals surface area contributed by atoms with Gasteiger partial charge in [0.2, 0.25) is 11.7 Å². The van der Waals surface area contributed by atoms with Gasteiger partial charge in [0.25, 0.3) is 0 Å². The van der Waals surface area contributed by atoms with Crippen LogP contribution in [0.4, 0.5) is 0 Å². The molecule has 1 amide bonds. The normalized spacial score (nSPS) is 16.1. The van der Waals surface area contributed by atoms with Crippen molar-refractivity contribution in [1.29, 1.82) is 0 Å². The number of hydrogen-bond donors (Lipinski definition) is 1. The minimum atomic E-state index is -0.227. The summed E-state index contributed by atoms with van der Waals surface area (Å²) in [7, 11) is 1.61. The Morgan fingerprint density at radius 2 is 2.36 bits per heavy atom. The Bertz CT molecular complexity index is 889. The molecule has 0 radical (unpaired) electrons. The zero-order valence-corrected chi connectivity index (χ0v) is 13.8. The maximum atomic E-state index is 12.5. The van der Waals surface area contributed by atoms with Gasteiger partial charge in [0.05, 0.1) is 25.3 Å². The second-order valence-electron chi connectivity index (χ2n) is 5.94. The van der Waals surface area contributed by atoms with Crippen LogP contribution in [0.25, 0.3) is 5.78 Å². The Hall–Kier alpha value is -3.09. The highest BCUT2D eigenvalue weighted by atomic mass is 16.5. The zero-order valence-electron chi connectivity index (χ0n) is 13.8. The minimum Gasteiger partial charge on any atom is -0.493 e. The van der Waals surface area contributed by atoms with Crippen LogP contribution in [-0.4, -0.2) is 34.0 Å². The number of fused-ring (bicyclic) bond motifs is 2. The molecule has 7 heteroatoms. The fourth-order valence-electron chi connectivity index (χ4n) is 3.01. The van der Waals surface area contributed by atoms with Gasteiger partial charge in [-0.15, -0.1) is 0 Å². The number of methoxy groups -OCH3 is 1. The van der Waals surface area contributed by atoms with Gasteiger partial charge in [0, 0.05) is 18.6 Å². The molecule has 4 rings (SSSR count). The number of para-hydroxylation sites is 1. The maximum absolute atomic E-state index is 12.5. The predicted octanol–water partition coefficient (Wildman–Crippen LogP) is 1.61. The van der Waals surface area contributed by atoms with E-state index in [1.54, 1.807) is 13.3 Å². The highest BCUT2D eigenvalue weighted by Crippen LogP contribution is 2.36. The first-order valence-electron chi connectivity index (χ1n) is 8.09. The van der Waals surface area contributed by atoms with Crippen LogP contribution in [0.15, 0.2) is 42.9 Å². The van der Waals surface area contributed by atoms with Gasteiger partial charge in [-0.25, -0.2) is 9.97 Å². The monoisotopic (exact) mass is 338 g/mol. The summed E-state index contributed by atoms with van der Waals surface area (Å²) in [5.74, 6) is 1.79. The molecular formula is C18H18N4O3. The number of ether oxygens (including phenoxy) is 2. The van der Waals surface area contributed by atoms with E-state index in [0.29, 0.717) is 31.1 Å². The number of carbonyl (C=O) groups is 1. The minimum absolute atomic E-state index is 0.0431. The SMILES string of the molecule is COc1cccc2c1OC[C@@H](C(=O)NCc1cn3cccnc3n1)C2. The number of carbonyl (C=O) groups excluding carboxylic acids is 1.